The molecule has 6 nitrogen and oxygen atoms in total. The smallest absolute Gasteiger partial charge is 0.339 e. The Balaban J connectivity index is 2.08. The number of carboxylic acid groups (broad SMARTS) is 1. The SMILES string of the molecule is Cc1[nH]nc(-c2ccc3c(c2)CCC(=O)N3)c1C(=O)O. The summed E-state index contributed by atoms with van der Waals surface area (Å²) in [6.07, 6.45) is 1.10. The quantitative estimate of drug-likeness (QED) is 0.778. The minimum absolute atomic E-state index is 0.00656. The molecule has 0 radical (unpaired) electrons. The Morgan fingerprint density at radius 3 is 2.90 bits per heavy atom. The maximum Gasteiger partial charge on any atom is 0.339 e. The van der Waals surface area contributed by atoms with Gasteiger partial charge >= 0.3 is 5.97 Å². The number of rotatable bonds is 2. The summed E-state index contributed by atoms with van der Waals surface area (Å²) >= 11 is 0. The normalized spacial score (nSPS) is 13.8. The van der Waals surface area contributed by atoms with Crippen LogP contribution < -0.4 is 5.32 Å². The molecule has 0 bridgehead atoms. The van der Waals surface area contributed by atoms with E-state index in [0.717, 1.165) is 16.8 Å². The first kappa shape index (κ1) is 12.4. The molecule has 0 spiro atoms. The third-order valence-corrected chi connectivity index (χ3v) is 3.44. The van der Waals surface area contributed by atoms with Crippen molar-refractivity contribution in [1.29, 1.82) is 0 Å². The van der Waals surface area contributed by atoms with Crippen LogP contribution in [0.3, 0.4) is 0 Å². The number of nitrogens with one attached hydrogen (secondary N) is 2. The maximum absolute atomic E-state index is 11.3. The number of nitrogens with zero attached hydrogens (tertiary/aromatic N) is 1. The van der Waals surface area contributed by atoms with Crippen LogP contribution in [0.25, 0.3) is 11.3 Å². The molecule has 3 rings (SSSR count). The number of fused-ring (bicyclic) bond motifs is 1. The molecule has 20 heavy (non-hydrogen) atoms. The van der Waals surface area contributed by atoms with Crippen molar-refractivity contribution in [1.82, 2.24) is 10.2 Å². The molecule has 0 saturated carbocycles. The summed E-state index contributed by atoms with van der Waals surface area (Å²) in [7, 11) is 0. The number of anilines is 1. The predicted octanol–water partition coefficient (Wildman–Crippen LogP) is 1.97. The number of carbonyl (C=O) groups is 2. The van der Waals surface area contributed by atoms with Crippen LogP contribution in [-0.2, 0) is 11.2 Å². The molecule has 3 N–H and O–H groups in total. The lowest BCUT2D eigenvalue weighted by Gasteiger charge is -2.17. The number of carboxylic acids is 1. The van der Waals surface area contributed by atoms with Crippen molar-refractivity contribution in [2.45, 2.75) is 19.8 Å². The van der Waals surface area contributed by atoms with E-state index in [-0.39, 0.29) is 11.5 Å². The number of aromatic carboxylic acids is 1. The van der Waals surface area contributed by atoms with Crippen molar-refractivity contribution in [3.05, 3.63) is 35.0 Å². The fourth-order valence-corrected chi connectivity index (χ4v) is 2.43. The summed E-state index contributed by atoms with van der Waals surface area (Å²) in [5.41, 5.74) is 3.66. The molecule has 102 valence electrons. The molecular formula is C14H13N3O3. The topological polar surface area (TPSA) is 95.1 Å². The number of aryl methyl sites for hydroxylation is 2. The number of aromatic amines is 1. The standard InChI is InChI=1S/C14H13N3O3/c1-7-12(14(19)20)13(17-16-7)9-2-4-10-8(6-9)3-5-11(18)15-10/h2,4,6H,3,5H2,1H3,(H,15,18)(H,16,17)(H,19,20). The van der Waals surface area contributed by atoms with Crippen molar-refractivity contribution in [2.75, 3.05) is 5.32 Å². The lowest BCUT2D eigenvalue weighted by atomic mass is 9.97. The van der Waals surface area contributed by atoms with Gasteiger partial charge in [0.25, 0.3) is 0 Å². The summed E-state index contributed by atoms with van der Waals surface area (Å²) in [6.45, 7) is 1.68. The van der Waals surface area contributed by atoms with Crippen molar-refractivity contribution < 1.29 is 14.7 Å². The van der Waals surface area contributed by atoms with Gasteiger partial charge in [0, 0.05) is 23.4 Å². The second-order valence-corrected chi connectivity index (χ2v) is 4.80. The van der Waals surface area contributed by atoms with E-state index in [4.69, 9.17) is 0 Å². The molecule has 0 saturated heterocycles. The number of hydrogen-bond acceptors (Lipinski definition) is 3. The number of H-pyrrole nitrogens is 1. The molecule has 1 aliphatic rings. The molecule has 1 amide bonds. The van der Waals surface area contributed by atoms with Gasteiger partial charge in [-0.05, 0) is 31.0 Å². The number of carbonyl (C=O) groups excluding carboxylic acids is 1. The van der Waals surface area contributed by atoms with Gasteiger partial charge in [-0.1, -0.05) is 6.07 Å². The summed E-state index contributed by atoms with van der Waals surface area (Å²) in [4.78, 5) is 22.6. The molecule has 2 heterocycles. The molecule has 2 aromatic rings. The van der Waals surface area contributed by atoms with Crippen LogP contribution in [0.15, 0.2) is 18.2 Å². The molecule has 1 aromatic heterocycles. The first-order valence-electron chi connectivity index (χ1n) is 6.27. The molecule has 0 unspecified atom stereocenters. The van der Waals surface area contributed by atoms with Crippen LogP contribution in [0, 0.1) is 6.92 Å². The molecular weight excluding hydrogens is 258 g/mol. The molecule has 1 aromatic carbocycles. The monoisotopic (exact) mass is 271 g/mol. The highest BCUT2D eigenvalue weighted by molar-refractivity contribution is 5.97. The van der Waals surface area contributed by atoms with Gasteiger partial charge in [0.05, 0.1) is 0 Å². The van der Waals surface area contributed by atoms with Gasteiger partial charge in [0.1, 0.15) is 11.3 Å². The van der Waals surface area contributed by atoms with Crippen molar-refractivity contribution in [3.8, 4) is 11.3 Å². The van der Waals surface area contributed by atoms with E-state index in [0.29, 0.717) is 24.2 Å². The van der Waals surface area contributed by atoms with Gasteiger partial charge in [-0.25, -0.2) is 4.79 Å². The van der Waals surface area contributed by atoms with E-state index in [2.05, 4.69) is 15.5 Å². The van der Waals surface area contributed by atoms with Gasteiger partial charge in [-0.15, -0.1) is 0 Å². The molecule has 0 atom stereocenters. The van der Waals surface area contributed by atoms with E-state index in [1.165, 1.54) is 0 Å². The second-order valence-electron chi connectivity index (χ2n) is 4.80. The number of benzene rings is 1. The Morgan fingerprint density at radius 1 is 1.35 bits per heavy atom. The Kier molecular flexibility index (Phi) is 2.78. The lowest BCUT2D eigenvalue weighted by molar-refractivity contribution is -0.116. The predicted molar refractivity (Wildman–Crippen MR) is 72.7 cm³/mol. The van der Waals surface area contributed by atoms with Gasteiger partial charge in [0.2, 0.25) is 5.91 Å². The summed E-state index contributed by atoms with van der Waals surface area (Å²) < 4.78 is 0. The average Bonchev–Trinajstić information content (AvgIpc) is 2.80. The zero-order valence-corrected chi connectivity index (χ0v) is 10.9. The Bertz CT molecular complexity index is 718. The third kappa shape index (κ3) is 1.95. The van der Waals surface area contributed by atoms with E-state index in [1.54, 1.807) is 19.1 Å². The average molecular weight is 271 g/mol. The van der Waals surface area contributed by atoms with E-state index in [1.807, 2.05) is 6.07 Å². The van der Waals surface area contributed by atoms with Crippen LogP contribution in [0.4, 0.5) is 5.69 Å². The van der Waals surface area contributed by atoms with Crippen molar-refractivity contribution >= 4 is 17.6 Å². The van der Waals surface area contributed by atoms with Gasteiger partial charge in [-0.2, -0.15) is 5.10 Å². The first-order chi connectivity index (χ1) is 9.56. The van der Waals surface area contributed by atoms with E-state index in [9.17, 15) is 14.7 Å². The highest BCUT2D eigenvalue weighted by Crippen LogP contribution is 2.30. The Morgan fingerprint density at radius 2 is 2.15 bits per heavy atom. The summed E-state index contributed by atoms with van der Waals surface area (Å²) in [5, 5.41) is 18.8. The van der Waals surface area contributed by atoms with Crippen molar-refractivity contribution in [3.63, 3.8) is 0 Å². The second kappa shape index (κ2) is 4.48. The number of hydrogen-bond donors (Lipinski definition) is 3. The maximum atomic E-state index is 11.3. The fraction of sp³-hybridized carbons (Fsp3) is 0.214. The van der Waals surface area contributed by atoms with Gasteiger partial charge < -0.3 is 10.4 Å². The Labute approximate surface area is 114 Å². The van der Waals surface area contributed by atoms with Crippen LogP contribution >= 0.6 is 0 Å². The minimum Gasteiger partial charge on any atom is -0.478 e. The largest absolute Gasteiger partial charge is 0.478 e. The summed E-state index contributed by atoms with van der Waals surface area (Å²) in [5.74, 6) is -0.996. The number of aromatic nitrogens is 2. The number of amides is 1. The lowest BCUT2D eigenvalue weighted by Crippen LogP contribution is -2.18. The van der Waals surface area contributed by atoms with Crippen LogP contribution in [0.2, 0.25) is 0 Å². The summed E-state index contributed by atoms with van der Waals surface area (Å²) in [6, 6.07) is 5.45. The van der Waals surface area contributed by atoms with E-state index < -0.39 is 5.97 Å². The molecule has 0 aliphatic carbocycles. The van der Waals surface area contributed by atoms with Crippen LogP contribution in [0.1, 0.15) is 28.0 Å². The van der Waals surface area contributed by atoms with Gasteiger partial charge in [0.15, 0.2) is 0 Å². The highest BCUT2D eigenvalue weighted by Gasteiger charge is 2.21. The Hall–Kier alpha value is -2.63. The molecule has 1 aliphatic heterocycles. The molecule has 6 heteroatoms. The zero-order valence-electron chi connectivity index (χ0n) is 10.9. The zero-order chi connectivity index (χ0) is 14.3. The molecule has 0 fully saturated rings. The van der Waals surface area contributed by atoms with Gasteiger partial charge in [-0.3, -0.25) is 9.89 Å². The van der Waals surface area contributed by atoms with Crippen LogP contribution in [-0.4, -0.2) is 27.2 Å². The van der Waals surface area contributed by atoms with E-state index >= 15 is 0 Å². The fourth-order valence-electron chi connectivity index (χ4n) is 2.43. The van der Waals surface area contributed by atoms with Crippen molar-refractivity contribution in [2.24, 2.45) is 0 Å². The first-order valence-corrected chi connectivity index (χ1v) is 6.27. The highest BCUT2D eigenvalue weighted by atomic mass is 16.4. The third-order valence-electron chi connectivity index (χ3n) is 3.44. The van der Waals surface area contributed by atoms with Crippen LogP contribution in [0.5, 0.6) is 0 Å². The minimum atomic E-state index is -1.00.